The molecule has 3 heterocycles. The Balaban J connectivity index is 0.000000144. The zero-order valence-corrected chi connectivity index (χ0v) is 44.7. The molecular weight excluding hydrogens is 901 g/mol. The Kier molecular flexibility index (Phi) is 16.2. The van der Waals surface area contributed by atoms with Gasteiger partial charge in [0.1, 0.15) is 5.76 Å². The van der Waals surface area contributed by atoms with E-state index in [1.807, 2.05) is 37.2 Å². The van der Waals surface area contributed by atoms with Crippen LogP contribution in [0.25, 0.3) is 5.57 Å². The number of fused-ring (bicyclic) bond motifs is 10. The monoisotopic (exact) mass is 985 g/mol. The van der Waals surface area contributed by atoms with Crippen molar-refractivity contribution in [1.82, 2.24) is 9.97 Å². The predicted molar refractivity (Wildman–Crippen MR) is 279 cm³/mol. The van der Waals surface area contributed by atoms with Crippen molar-refractivity contribution in [3.63, 3.8) is 0 Å². The summed E-state index contributed by atoms with van der Waals surface area (Å²) in [5.74, 6) is 5.25. The van der Waals surface area contributed by atoms with Crippen LogP contribution in [0.2, 0.25) is 12.6 Å². The quantitative estimate of drug-likeness (QED) is 0.124. The predicted octanol–water partition coefficient (Wildman–Crippen LogP) is 15.2. The Morgan fingerprint density at radius 3 is 1.67 bits per heavy atom. The molecule has 11 heteroatoms. The van der Waals surface area contributed by atoms with E-state index in [-0.39, 0.29) is 17.1 Å². The van der Waals surface area contributed by atoms with Gasteiger partial charge in [-0.05, 0) is 196 Å². The van der Waals surface area contributed by atoms with Gasteiger partial charge in [-0.25, -0.2) is 0 Å². The van der Waals surface area contributed by atoms with Crippen LogP contribution in [0.3, 0.4) is 0 Å². The van der Waals surface area contributed by atoms with E-state index >= 15 is 0 Å². The molecular formula is C59H84BF3N2O4S. The summed E-state index contributed by atoms with van der Waals surface area (Å²) in [6, 6.07) is 8.53. The summed E-state index contributed by atoms with van der Waals surface area (Å²) < 4.78 is 71.2. The van der Waals surface area contributed by atoms with Gasteiger partial charge in [0.2, 0.25) is 0 Å². The fourth-order valence-electron chi connectivity index (χ4n) is 15.9. The summed E-state index contributed by atoms with van der Waals surface area (Å²) in [6.07, 6.45) is 38.2. The number of nitrogens with zero attached hydrogens (tertiary/aromatic N) is 2. The first-order valence-corrected chi connectivity index (χ1v) is 28.9. The van der Waals surface area contributed by atoms with E-state index < -0.39 is 21.0 Å². The summed E-state index contributed by atoms with van der Waals surface area (Å²) in [7, 11) is -5.62. The van der Waals surface area contributed by atoms with Crippen molar-refractivity contribution in [2.75, 3.05) is 13.2 Å². The van der Waals surface area contributed by atoms with Crippen molar-refractivity contribution in [3.05, 3.63) is 95.8 Å². The second-order valence-electron chi connectivity index (χ2n) is 24.1. The molecule has 70 heavy (non-hydrogen) atoms. The van der Waals surface area contributed by atoms with Gasteiger partial charge in [0.25, 0.3) is 0 Å². The molecule has 1 aliphatic heterocycles. The Morgan fingerprint density at radius 1 is 0.671 bits per heavy atom. The molecule has 0 radical (unpaired) electrons. The normalized spacial score (nSPS) is 37.1. The molecule has 11 rings (SSSR count). The summed E-state index contributed by atoms with van der Waals surface area (Å²) in [4.78, 5) is 8.50. The molecule has 6 unspecified atom stereocenters. The van der Waals surface area contributed by atoms with Crippen LogP contribution in [0.15, 0.2) is 90.3 Å². The largest absolute Gasteiger partial charge is 0.534 e. The maximum atomic E-state index is 12.8. The van der Waals surface area contributed by atoms with Crippen LogP contribution in [-0.4, -0.2) is 43.8 Å². The maximum absolute atomic E-state index is 12.8. The van der Waals surface area contributed by atoms with Crippen molar-refractivity contribution in [2.45, 2.75) is 176 Å². The zero-order chi connectivity index (χ0) is 50.1. The van der Waals surface area contributed by atoms with Gasteiger partial charge in [-0.15, -0.1) is 0 Å². The van der Waals surface area contributed by atoms with Gasteiger partial charge < -0.3 is 8.92 Å². The van der Waals surface area contributed by atoms with Crippen molar-refractivity contribution < 1.29 is 30.5 Å². The van der Waals surface area contributed by atoms with Crippen LogP contribution < -0.4 is 5.46 Å². The molecule has 4 saturated carbocycles. The number of rotatable bonds is 6. The lowest BCUT2D eigenvalue weighted by atomic mass is 9.42. The smallest absolute Gasteiger partial charge is 0.381 e. The number of ether oxygens (including phenoxy) is 1. The van der Waals surface area contributed by atoms with E-state index in [0.29, 0.717) is 48.1 Å². The number of hydrogen-bond acceptors (Lipinski definition) is 6. The van der Waals surface area contributed by atoms with Crippen LogP contribution in [0, 0.1) is 69.0 Å². The molecule has 0 amide bonds. The molecule has 8 aliphatic carbocycles. The summed E-state index contributed by atoms with van der Waals surface area (Å²) in [5, 5.41) is 0. The average Bonchev–Trinajstić information content (AvgIpc) is 4.11. The maximum Gasteiger partial charge on any atom is 0.534 e. The zero-order valence-electron chi connectivity index (χ0n) is 43.8. The molecule has 2 aromatic heterocycles. The average molecular weight is 985 g/mol. The highest BCUT2D eigenvalue weighted by molar-refractivity contribution is 7.87. The van der Waals surface area contributed by atoms with Gasteiger partial charge in [0.15, 0.2) is 6.71 Å². The molecule has 384 valence electrons. The first-order chi connectivity index (χ1) is 33.3. The minimum atomic E-state index is -5.62. The molecule has 9 aliphatic rings. The van der Waals surface area contributed by atoms with E-state index in [0.717, 1.165) is 56.1 Å². The van der Waals surface area contributed by atoms with Crippen molar-refractivity contribution >= 4 is 27.9 Å². The molecule has 0 bridgehead atoms. The number of aromatic nitrogens is 2. The van der Waals surface area contributed by atoms with E-state index in [9.17, 15) is 21.6 Å². The molecule has 0 spiro atoms. The van der Waals surface area contributed by atoms with Gasteiger partial charge in [0, 0.05) is 43.4 Å². The highest BCUT2D eigenvalue weighted by Gasteiger charge is 2.60. The van der Waals surface area contributed by atoms with Gasteiger partial charge in [0.05, 0.1) is 0 Å². The number of alkyl halides is 3. The van der Waals surface area contributed by atoms with Gasteiger partial charge in [-0.3, -0.25) is 9.97 Å². The Labute approximate surface area is 420 Å². The third-order valence-electron chi connectivity index (χ3n) is 20.2. The van der Waals surface area contributed by atoms with Crippen LogP contribution in [0.1, 0.15) is 164 Å². The van der Waals surface area contributed by atoms with Gasteiger partial charge >= 0.3 is 15.6 Å². The van der Waals surface area contributed by atoms with Crippen molar-refractivity contribution in [1.29, 1.82) is 0 Å². The SMILES string of the molecule is C1CCOC1.CCB(CC)c1cccnc1.C[C@H]1CC[C@@]2(C)C(=CCC3C2CC[C@]2(C)C(OS(=O)(=O)C(F)(F)F)=CCC32)C1.C[C@H]1CC[C@@]2(C)C(=CCC3C2CC[C@]2(C)C(c4cccnc4)=CCC32)C1. The van der Waals surface area contributed by atoms with Crippen LogP contribution in [0.5, 0.6) is 0 Å². The number of hydrogen-bond donors (Lipinski definition) is 0. The standard InChI is InChI=1S/C25H33N.C21H29F3O3S.C9H14BN.C4H8O/c1-17-10-12-24(2)19(15-17)6-7-20-22-9-8-21(18-5-4-14-26-16-18)25(22,3)13-11-23(20)24;1-13-8-10-19(2)14(12-13)4-5-15-16-6-7-18(20(16,3)11-9-17(15)19)27-28(25,26)21(22,23)24;1-3-10(4-2)9-6-5-7-11-8-9;1-2-4-5-3-1/h4-6,8,14,16-17,20,22-23H,7,9-13,15H2,1-3H3;4,7,13,15-17H,5-6,8-12H2,1-3H3;5-8H,3-4H2,1-2H3;1-4H2/t17-,20?,22?,23?,24-,25+;13-,15?,16?,17?,19-,20-;;/m00../s1. The topological polar surface area (TPSA) is 78.4 Å². The van der Waals surface area contributed by atoms with E-state index in [2.05, 4.69) is 105 Å². The second kappa shape index (κ2) is 21.4. The molecule has 5 fully saturated rings. The van der Waals surface area contributed by atoms with Crippen molar-refractivity contribution in [3.8, 4) is 0 Å². The first kappa shape index (κ1) is 53.1. The Bertz CT molecular complexity index is 2340. The number of halogens is 3. The second-order valence-corrected chi connectivity index (χ2v) is 25.7. The summed E-state index contributed by atoms with van der Waals surface area (Å²) >= 11 is 0. The molecule has 0 aromatic carbocycles. The minimum Gasteiger partial charge on any atom is -0.381 e. The lowest BCUT2D eigenvalue weighted by Crippen LogP contribution is -2.49. The highest BCUT2D eigenvalue weighted by atomic mass is 32.2. The third kappa shape index (κ3) is 10.3. The molecule has 0 N–H and O–H groups in total. The fraction of sp³-hybridized carbons (Fsp3) is 0.695. The van der Waals surface area contributed by atoms with E-state index in [1.54, 1.807) is 17.2 Å². The van der Waals surface area contributed by atoms with E-state index in [1.165, 1.54) is 94.3 Å². The third-order valence-corrected chi connectivity index (χ3v) is 21.2. The minimum absolute atomic E-state index is 0.00507. The van der Waals surface area contributed by atoms with Crippen LogP contribution in [0.4, 0.5) is 13.2 Å². The number of allylic oxidation sites excluding steroid dienone is 8. The molecule has 2 aromatic rings. The van der Waals surface area contributed by atoms with Crippen LogP contribution >= 0.6 is 0 Å². The summed E-state index contributed by atoms with van der Waals surface area (Å²) in [5.41, 5.74) is 2.71. The highest BCUT2D eigenvalue weighted by Crippen LogP contribution is 2.68. The van der Waals surface area contributed by atoms with E-state index in [4.69, 9.17) is 4.74 Å². The van der Waals surface area contributed by atoms with Gasteiger partial charge in [-0.2, -0.15) is 21.6 Å². The Morgan fingerprint density at radius 2 is 1.19 bits per heavy atom. The molecule has 6 nitrogen and oxygen atoms in total. The lowest BCUT2D eigenvalue weighted by molar-refractivity contribution is -0.0575. The Hall–Kier alpha value is -3.18. The van der Waals surface area contributed by atoms with Gasteiger partial charge in [-0.1, -0.05) is 115 Å². The van der Waals surface area contributed by atoms with Crippen LogP contribution in [-0.2, 0) is 19.0 Å². The molecule has 12 atom stereocenters. The first-order valence-electron chi connectivity index (χ1n) is 27.5. The number of pyridine rings is 2. The molecule has 1 saturated heterocycles. The summed E-state index contributed by atoms with van der Waals surface area (Å²) in [6.45, 7) is 21.3. The lowest BCUT2D eigenvalue weighted by Gasteiger charge is -2.58. The van der Waals surface area contributed by atoms with Crippen molar-refractivity contribution in [2.24, 2.45) is 69.0 Å². The fourth-order valence-corrected chi connectivity index (χ4v) is 16.5.